The Morgan fingerprint density at radius 2 is 2.00 bits per heavy atom. The molecule has 1 atom stereocenters. The molecule has 2 heterocycles. The maximum Gasteiger partial charge on any atom is 0.0454 e. The summed E-state index contributed by atoms with van der Waals surface area (Å²) in [6.45, 7) is 5.34. The second-order valence-corrected chi connectivity index (χ2v) is 5.10. The van der Waals surface area contributed by atoms with E-state index in [9.17, 15) is 0 Å². The molecular weight excluding hydrogens is 232 g/mol. The fraction of sp³-hybridized carbons (Fsp3) is 0.235. The zero-order valence-corrected chi connectivity index (χ0v) is 11.4. The summed E-state index contributed by atoms with van der Waals surface area (Å²) in [4.78, 5) is 6.63. The van der Waals surface area contributed by atoms with Crippen molar-refractivity contribution >= 4 is 11.3 Å². The molecule has 0 radical (unpaired) electrons. The minimum Gasteiger partial charge on any atom is -0.360 e. The molecule has 0 fully saturated rings. The van der Waals surface area contributed by atoms with E-state index in [1.165, 1.54) is 22.4 Å². The van der Waals surface area contributed by atoms with Crippen LogP contribution in [0.4, 0.5) is 5.69 Å². The van der Waals surface area contributed by atoms with E-state index < -0.39 is 0 Å². The second-order valence-electron chi connectivity index (χ2n) is 5.10. The Kier molecular flexibility index (Phi) is 3.08. The number of nitrogens with zero attached hydrogens (tertiary/aromatic N) is 2. The fourth-order valence-corrected chi connectivity index (χ4v) is 2.74. The molecule has 0 amide bonds. The van der Waals surface area contributed by atoms with Crippen molar-refractivity contribution < 1.29 is 0 Å². The molecule has 1 aromatic heterocycles. The highest BCUT2D eigenvalue weighted by atomic mass is 15.2. The molecular formula is C17H18N2. The normalized spacial score (nSPS) is 17.9. The molecule has 0 N–H and O–H groups in total. The van der Waals surface area contributed by atoms with E-state index in [4.69, 9.17) is 0 Å². The summed E-state index contributed by atoms with van der Waals surface area (Å²) < 4.78 is 0. The molecule has 1 aliphatic rings. The smallest absolute Gasteiger partial charge is 0.0454 e. The Balaban J connectivity index is 1.98. The average Bonchev–Trinajstić information content (AvgIpc) is 2.45. The highest BCUT2D eigenvalue weighted by Crippen LogP contribution is 2.34. The third-order valence-corrected chi connectivity index (χ3v) is 3.70. The van der Waals surface area contributed by atoms with Crippen LogP contribution >= 0.6 is 0 Å². The molecule has 0 bridgehead atoms. The number of rotatable bonds is 2. The van der Waals surface area contributed by atoms with Crippen LogP contribution in [0, 0.1) is 0 Å². The number of benzene rings is 1. The summed E-state index contributed by atoms with van der Waals surface area (Å²) in [6, 6.07) is 13.2. The van der Waals surface area contributed by atoms with Crippen molar-refractivity contribution in [2.75, 3.05) is 4.90 Å². The van der Waals surface area contributed by atoms with Gasteiger partial charge in [-0.3, -0.25) is 4.98 Å². The molecule has 3 rings (SSSR count). The monoisotopic (exact) mass is 250 g/mol. The van der Waals surface area contributed by atoms with Gasteiger partial charge in [-0.25, -0.2) is 0 Å². The Labute approximate surface area is 114 Å². The Morgan fingerprint density at radius 1 is 1.16 bits per heavy atom. The van der Waals surface area contributed by atoms with E-state index in [0.717, 1.165) is 6.54 Å². The van der Waals surface area contributed by atoms with E-state index in [-0.39, 0.29) is 0 Å². The topological polar surface area (TPSA) is 16.1 Å². The number of hydrogen-bond donors (Lipinski definition) is 0. The van der Waals surface area contributed by atoms with Crippen LogP contribution in [0.15, 0.2) is 54.9 Å². The van der Waals surface area contributed by atoms with Gasteiger partial charge in [0, 0.05) is 36.2 Å². The lowest BCUT2D eigenvalue weighted by atomic mass is 9.96. The van der Waals surface area contributed by atoms with Crippen molar-refractivity contribution in [1.82, 2.24) is 4.98 Å². The predicted octanol–water partition coefficient (Wildman–Crippen LogP) is 3.89. The van der Waals surface area contributed by atoms with Gasteiger partial charge in [-0.2, -0.15) is 0 Å². The molecule has 19 heavy (non-hydrogen) atoms. The molecule has 1 unspecified atom stereocenters. The number of pyridine rings is 1. The van der Waals surface area contributed by atoms with E-state index in [2.05, 4.69) is 60.1 Å². The fourth-order valence-electron chi connectivity index (χ4n) is 2.74. The molecule has 96 valence electrons. The summed E-state index contributed by atoms with van der Waals surface area (Å²) in [7, 11) is 0. The molecule has 0 saturated carbocycles. The molecule has 0 saturated heterocycles. The third-order valence-electron chi connectivity index (χ3n) is 3.70. The van der Waals surface area contributed by atoms with Crippen molar-refractivity contribution in [3.8, 4) is 0 Å². The van der Waals surface area contributed by atoms with Crippen molar-refractivity contribution in [2.24, 2.45) is 0 Å². The van der Waals surface area contributed by atoms with Gasteiger partial charge in [-0.1, -0.05) is 30.3 Å². The first-order valence-corrected chi connectivity index (χ1v) is 6.69. The third kappa shape index (κ3) is 2.26. The quantitative estimate of drug-likeness (QED) is 0.803. The number of para-hydroxylation sites is 1. The first-order chi connectivity index (χ1) is 9.25. The summed E-state index contributed by atoms with van der Waals surface area (Å²) in [5.41, 5.74) is 5.27. The van der Waals surface area contributed by atoms with E-state index in [1.54, 1.807) is 0 Å². The molecule has 2 nitrogen and oxygen atoms in total. The maximum atomic E-state index is 4.20. The van der Waals surface area contributed by atoms with E-state index >= 15 is 0 Å². The lowest BCUT2D eigenvalue weighted by molar-refractivity contribution is 0.723. The SMILES string of the molecule is CC1=CC(C)N(Cc2cccnc2)c2ccccc21. The van der Waals surface area contributed by atoms with Gasteiger partial charge in [-0.05, 0) is 37.1 Å². The van der Waals surface area contributed by atoms with Crippen molar-refractivity contribution in [3.63, 3.8) is 0 Å². The van der Waals surface area contributed by atoms with Gasteiger partial charge in [-0.15, -0.1) is 0 Å². The Bertz CT molecular complexity index is 602. The lowest BCUT2D eigenvalue weighted by Crippen LogP contribution is -2.34. The van der Waals surface area contributed by atoms with Crippen LogP contribution in [0.3, 0.4) is 0 Å². The van der Waals surface area contributed by atoms with Gasteiger partial charge < -0.3 is 4.90 Å². The molecule has 2 heteroatoms. The largest absolute Gasteiger partial charge is 0.360 e. The van der Waals surface area contributed by atoms with Crippen LogP contribution < -0.4 is 4.90 Å². The van der Waals surface area contributed by atoms with Gasteiger partial charge in [0.25, 0.3) is 0 Å². The van der Waals surface area contributed by atoms with Gasteiger partial charge >= 0.3 is 0 Å². The number of fused-ring (bicyclic) bond motifs is 1. The lowest BCUT2D eigenvalue weighted by Gasteiger charge is -2.35. The standard InChI is InChI=1S/C17H18N2/c1-13-10-14(2)19(12-15-6-5-9-18-11-15)17-8-4-3-7-16(13)17/h3-11,14H,12H2,1-2H3. The van der Waals surface area contributed by atoms with Gasteiger partial charge in [0.05, 0.1) is 0 Å². The van der Waals surface area contributed by atoms with Crippen LogP contribution in [0.2, 0.25) is 0 Å². The molecule has 2 aromatic rings. The number of hydrogen-bond acceptors (Lipinski definition) is 2. The number of allylic oxidation sites excluding steroid dienone is 1. The second kappa shape index (κ2) is 4.88. The first-order valence-electron chi connectivity index (χ1n) is 6.69. The highest BCUT2D eigenvalue weighted by Gasteiger charge is 2.21. The van der Waals surface area contributed by atoms with Gasteiger partial charge in [0.2, 0.25) is 0 Å². The molecule has 0 aliphatic carbocycles. The zero-order valence-electron chi connectivity index (χ0n) is 11.4. The summed E-state index contributed by atoms with van der Waals surface area (Å²) in [5.74, 6) is 0. The number of anilines is 1. The zero-order chi connectivity index (χ0) is 13.2. The van der Waals surface area contributed by atoms with E-state index in [0.29, 0.717) is 6.04 Å². The van der Waals surface area contributed by atoms with E-state index in [1.807, 2.05) is 18.5 Å². The molecule has 1 aromatic carbocycles. The maximum absolute atomic E-state index is 4.20. The van der Waals surface area contributed by atoms with Crippen LogP contribution in [0.1, 0.15) is 25.0 Å². The van der Waals surface area contributed by atoms with Crippen LogP contribution in [0.25, 0.3) is 5.57 Å². The minimum atomic E-state index is 0.412. The van der Waals surface area contributed by atoms with Crippen LogP contribution in [-0.4, -0.2) is 11.0 Å². The van der Waals surface area contributed by atoms with Crippen molar-refractivity contribution in [3.05, 3.63) is 66.0 Å². The molecule has 1 aliphatic heterocycles. The Hall–Kier alpha value is -2.09. The number of aromatic nitrogens is 1. The summed E-state index contributed by atoms with van der Waals surface area (Å²) in [5, 5.41) is 0. The van der Waals surface area contributed by atoms with Crippen LogP contribution in [0.5, 0.6) is 0 Å². The first kappa shape index (κ1) is 12.0. The van der Waals surface area contributed by atoms with Gasteiger partial charge in [0.15, 0.2) is 0 Å². The summed E-state index contributed by atoms with van der Waals surface area (Å²) in [6.07, 6.45) is 6.10. The van der Waals surface area contributed by atoms with Crippen LogP contribution in [-0.2, 0) is 6.54 Å². The predicted molar refractivity (Wildman–Crippen MR) is 80.0 cm³/mol. The Morgan fingerprint density at radius 3 is 2.79 bits per heavy atom. The van der Waals surface area contributed by atoms with Gasteiger partial charge in [0.1, 0.15) is 0 Å². The van der Waals surface area contributed by atoms with Crippen molar-refractivity contribution in [1.29, 1.82) is 0 Å². The minimum absolute atomic E-state index is 0.412. The summed E-state index contributed by atoms with van der Waals surface area (Å²) >= 11 is 0. The highest BCUT2D eigenvalue weighted by molar-refractivity contribution is 5.79. The van der Waals surface area contributed by atoms with Crippen molar-refractivity contribution in [2.45, 2.75) is 26.4 Å². The molecule has 0 spiro atoms. The average molecular weight is 250 g/mol.